The Labute approximate surface area is 152 Å². The molecule has 26 heavy (non-hydrogen) atoms. The maximum absolute atomic E-state index is 12.3. The zero-order valence-corrected chi connectivity index (χ0v) is 15.0. The van der Waals surface area contributed by atoms with Gasteiger partial charge in [0, 0.05) is 5.56 Å². The molecule has 0 radical (unpaired) electrons. The first kappa shape index (κ1) is 16.5. The molecule has 0 saturated heterocycles. The summed E-state index contributed by atoms with van der Waals surface area (Å²) in [6, 6.07) is 22.5. The number of aromatic amines is 1. The Bertz CT molecular complexity index is 1130. The fourth-order valence-electron chi connectivity index (χ4n) is 3.37. The standard InChI is InChI=1S/C22H21N3O/c1-15(21-23-20-10-6-5-9-19(20)22(26)24-21)25(2)14-16-11-12-17-7-3-4-8-18(17)13-16/h3-13,15H,14H2,1-2H3,(H,23,24,26)/p+1/t15-/m0/s1. The topological polar surface area (TPSA) is 50.2 Å². The Morgan fingerprint density at radius 1 is 1.00 bits per heavy atom. The van der Waals surface area contributed by atoms with Crippen molar-refractivity contribution in [2.45, 2.75) is 19.5 Å². The number of nitrogens with one attached hydrogen (secondary N) is 2. The molecule has 1 unspecified atom stereocenters. The van der Waals surface area contributed by atoms with Gasteiger partial charge in [-0.25, -0.2) is 4.98 Å². The van der Waals surface area contributed by atoms with Crippen molar-refractivity contribution in [2.75, 3.05) is 7.05 Å². The lowest BCUT2D eigenvalue weighted by molar-refractivity contribution is -0.924. The van der Waals surface area contributed by atoms with Crippen LogP contribution >= 0.6 is 0 Å². The highest BCUT2D eigenvalue weighted by Gasteiger charge is 2.19. The molecule has 3 aromatic carbocycles. The molecule has 0 aliphatic rings. The summed E-state index contributed by atoms with van der Waals surface area (Å²) in [5.41, 5.74) is 1.95. The molecular formula is C22H22N3O+. The van der Waals surface area contributed by atoms with Crippen LogP contribution in [0.3, 0.4) is 0 Å². The normalized spacial score (nSPS) is 13.8. The van der Waals surface area contributed by atoms with Gasteiger partial charge in [0.1, 0.15) is 12.6 Å². The molecule has 2 N–H and O–H groups in total. The molecule has 0 aliphatic heterocycles. The van der Waals surface area contributed by atoms with E-state index in [4.69, 9.17) is 0 Å². The van der Waals surface area contributed by atoms with Gasteiger partial charge in [-0.15, -0.1) is 0 Å². The number of fused-ring (bicyclic) bond motifs is 2. The maximum Gasteiger partial charge on any atom is 0.258 e. The first-order valence-corrected chi connectivity index (χ1v) is 8.91. The monoisotopic (exact) mass is 344 g/mol. The predicted molar refractivity (Wildman–Crippen MR) is 105 cm³/mol. The van der Waals surface area contributed by atoms with Crippen molar-refractivity contribution in [1.29, 1.82) is 0 Å². The van der Waals surface area contributed by atoms with E-state index in [2.05, 4.69) is 66.4 Å². The minimum atomic E-state index is -0.0732. The van der Waals surface area contributed by atoms with E-state index in [0.717, 1.165) is 17.9 Å². The van der Waals surface area contributed by atoms with Crippen LogP contribution in [0.25, 0.3) is 21.7 Å². The lowest BCUT2D eigenvalue weighted by Crippen LogP contribution is -3.07. The molecular weight excluding hydrogens is 322 g/mol. The van der Waals surface area contributed by atoms with Gasteiger partial charge in [0.25, 0.3) is 5.56 Å². The molecule has 0 bridgehead atoms. The van der Waals surface area contributed by atoms with Gasteiger partial charge in [-0.2, -0.15) is 0 Å². The third-order valence-corrected chi connectivity index (χ3v) is 5.08. The molecule has 0 spiro atoms. The summed E-state index contributed by atoms with van der Waals surface area (Å²) in [7, 11) is 2.13. The van der Waals surface area contributed by atoms with Gasteiger partial charge in [0.05, 0.1) is 18.0 Å². The fraction of sp³-hybridized carbons (Fsp3) is 0.182. The Hall–Kier alpha value is -2.98. The summed E-state index contributed by atoms with van der Waals surface area (Å²) < 4.78 is 0. The highest BCUT2D eigenvalue weighted by Crippen LogP contribution is 2.15. The van der Waals surface area contributed by atoms with Crippen molar-refractivity contribution in [3.8, 4) is 0 Å². The minimum absolute atomic E-state index is 0.0732. The number of hydrogen-bond donors (Lipinski definition) is 2. The number of benzene rings is 3. The third-order valence-electron chi connectivity index (χ3n) is 5.08. The quantitative estimate of drug-likeness (QED) is 0.598. The molecule has 130 valence electrons. The molecule has 4 rings (SSSR count). The largest absolute Gasteiger partial charge is 0.325 e. The molecule has 1 heterocycles. The van der Waals surface area contributed by atoms with Crippen LogP contribution in [0.2, 0.25) is 0 Å². The predicted octanol–water partition coefficient (Wildman–Crippen LogP) is 2.85. The second-order valence-electron chi connectivity index (χ2n) is 6.89. The summed E-state index contributed by atoms with van der Waals surface area (Å²) in [6.45, 7) is 2.96. The number of aromatic nitrogens is 2. The average molecular weight is 344 g/mol. The highest BCUT2D eigenvalue weighted by molar-refractivity contribution is 5.83. The Morgan fingerprint density at radius 3 is 2.58 bits per heavy atom. The van der Waals surface area contributed by atoms with Crippen LogP contribution in [-0.2, 0) is 6.54 Å². The van der Waals surface area contributed by atoms with Gasteiger partial charge in [-0.1, -0.05) is 48.5 Å². The first-order valence-electron chi connectivity index (χ1n) is 8.91. The van der Waals surface area contributed by atoms with Crippen LogP contribution in [0.15, 0.2) is 71.5 Å². The van der Waals surface area contributed by atoms with Crippen molar-refractivity contribution in [3.05, 3.63) is 88.5 Å². The number of rotatable bonds is 4. The smallest absolute Gasteiger partial charge is 0.258 e. The molecule has 4 nitrogen and oxygen atoms in total. The van der Waals surface area contributed by atoms with Crippen LogP contribution < -0.4 is 10.5 Å². The van der Waals surface area contributed by atoms with E-state index in [1.807, 2.05) is 18.2 Å². The van der Waals surface area contributed by atoms with Crippen LogP contribution in [0.1, 0.15) is 24.4 Å². The molecule has 0 aliphatic carbocycles. The van der Waals surface area contributed by atoms with E-state index >= 15 is 0 Å². The van der Waals surface area contributed by atoms with E-state index in [1.54, 1.807) is 6.07 Å². The number of quaternary nitrogens is 1. The van der Waals surface area contributed by atoms with E-state index in [9.17, 15) is 4.79 Å². The van der Waals surface area contributed by atoms with E-state index in [1.165, 1.54) is 21.2 Å². The second kappa shape index (κ2) is 6.73. The van der Waals surface area contributed by atoms with Crippen molar-refractivity contribution >= 4 is 21.7 Å². The zero-order chi connectivity index (χ0) is 18.1. The molecule has 0 saturated carbocycles. The summed E-state index contributed by atoms with van der Waals surface area (Å²) in [5, 5.41) is 3.14. The molecule has 1 aromatic heterocycles. The van der Waals surface area contributed by atoms with Crippen molar-refractivity contribution < 1.29 is 4.90 Å². The zero-order valence-electron chi connectivity index (χ0n) is 15.0. The average Bonchev–Trinajstić information content (AvgIpc) is 2.67. The molecule has 0 fully saturated rings. The summed E-state index contributed by atoms with van der Waals surface area (Å²) in [4.78, 5) is 21.2. The SMILES string of the molecule is C[C@@H](c1nc2ccccc2c(=O)[nH]1)[NH+](C)Cc1ccc2ccccc2c1. The van der Waals surface area contributed by atoms with E-state index in [-0.39, 0.29) is 11.6 Å². The molecule has 4 aromatic rings. The van der Waals surface area contributed by atoms with Crippen molar-refractivity contribution in [2.24, 2.45) is 0 Å². The van der Waals surface area contributed by atoms with Crippen LogP contribution in [-0.4, -0.2) is 17.0 Å². The van der Waals surface area contributed by atoms with Gasteiger partial charge < -0.3 is 9.88 Å². The lowest BCUT2D eigenvalue weighted by atomic mass is 10.1. The van der Waals surface area contributed by atoms with Crippen LogP contribution in [0, 0.1) is 0 Å². The summed E-state index contributed by atoms with van der Waals surface area (Å²) in [6.07, 6.45) is 0. The Morgan fingerprint density at radius 2 is 1.73 bits per heavy atom. The van der Waals surface area contributed by atoms with Crippen molar-refractivity contribution in [3.63, 3.8) is 0 Å². The van der Waals surface area contributed by atoms with Crippen LogP contribution in [0.5, 0.6) is 0 Å². The lowest BCUT2D eigenvalue weighted by Gasteiger charge is -2.21. The van der Waals surface area contributed by atoms with Gasteiger partial charge in [0.15, 0.2) is 5.82 Å². The number of nitrogens with zero attached hydrogens (tertiary/aromatic N) is 1. The number of H-pyrrole nitrogens is 1. The van der Waals surface area contributed by atoms with Gasteiger partial charge in [-0.3, -0.25) is 4.79 Å². The van der Waals surface area contributed by atoms with Gasteiger partial charge in [0.2, 0.25) is 0 Å². The van der Waals surface area contributed by atoms with Crippen molar-refractivity contribution in [1.82, 2.24) is 9.97 Å². The maximum atomic E-state index is 12.3. The fourth-order valence-corrected chi connectivity index (χ4v) is 3.37. The molecule has 0 amide bonds. The van der Waals surface area contributed by atoms with Crippen LogP contribution in [0.4, 0.5) is 0 Å². The number of para-hydroxylation sites is 1. The Balaban J connectivity index is 1.61. The third kappa shape index (κ3) is 3.11. The minimum Gasteiger partial charge on any atom is -0.325 e. The second-order valence-corrected chi connectivity index (χ2v) is 6.89. The Kier molecular flexibility index (Phi) is 4.27. The number of hydrogen-bond acceptors (Lipinski definition) is 2. The van der Waals surface area contributed by atoms with Gasteiger partial charge in [-0.05, 0) is 35.9 Å². The first-order chi connectivity index (χ1) is 12.6. The summed E-state index contributed by atoms with van der Waals surface area (Å²) in [5.74, 6) is 0.729. The molecule has 4 heteroatoms. The summed E-state index contributed by atoms with van der Waals surface area (Å²) >= 11 is 0. The van der Waals surface area contributed by atoms with E-state index in [0.29, 0.717) is 5.39 Å². The molecule has 2 atom stereocenters. The van der Waals surface area contributed by atoms with E-state index < -0.39 is 0 Å². The highest BCUT2D eigenvalue weighted by atomic mass is 16.1. The van der Waals surface area contributed by atoms with Gasteiger partial charge >= 0.3 is 0 Å².